The summed E-state index contributed by atoms with van der Waals surface area (Å²) in [7, 11) is 0. The zero-order valence-electron chi connectivity index (χ0n) is 10.3. The Morgan fingerprint density at radius 1 is 1.37 bits per heavy atom. The third-order valence-corrected chi connectivity index (χ3v) is 2.37. The summed E-state index contributed by atoms with van der Waals surface area (Å²) in [6.45, 7) is 0.532. The molecule has 19 heavy (non-hydrogen) atoms. The molecule has 3 N–H and O–H groups in total. The molecule has 1 aromatic carbocycles. The summed E-state index contributed by atoms with van der Waals surface area (Å²) >= 11 is 0. The van der Waals surface area contributed by atoms with Crippen molar-refractivity contribution >= 4 is 11.6 Å². The number of hydrogen-bond donors (Lipinski definition) is 2. The van der Waals surface area contributed by atoms with Crippen molar-refractivity contribution in [2.75, 3.05) is 11.9 Å². The van der Waals surface area contributed by atoms with Crippen molar-refractivity contribution < 1.29 is 4.79 Å². The Balaban J connectivity index is 1.94. The number of amides is 1. The number of anilines is 1. The van der Waals surface area contributed by atoms with E-state index in [9.17, 15) is 4.79 Å². The Bertz CT molecular complexity index is 591. The molecule has 0 unspecified atom stereocenters. The number of hydrogen-bond acceptors (Lipinski definition) is 3. The molecule has 0 fully saturated rings. The van der Waals surface area contributed by atoms with Gasteiger partial charge in [-0.3, -0.25) is 9.48 Å². The highest BCUT2D eigenvalue weighted by Crippen LogP contribution is 2.08. The molecule has 0 aliphatic rings. The summed E-state index contributed by atoms with van der Waals surface area (Å²) in [6.07, 6.45) is 3.38. The fourth-order valence-corrected chi connectivity index (χ4v) is 1.53. The van der Waals surface area contributed by atoms with E-state index in [4.69, 9.17) is 5.73 Å². The molecule has 2 aromatic rings. The number of nitrogens with one attached hydrogen (secondary N) is 1. The lowest BCUT2D eigenvalue weighted by atomic mass is 10.2. The first-order chi connectivity index (χ1) is 9.28. The smallest absolute Gasteiger partial charge is 0.246 e. The standard InChI is InChI=1S/C14H14N4O/c15-8-1-3-12-4-6-13(7-5-12)17-14(19)11-18-10-2-9-16-18/h2,4-7,9-10H,8,11,15H2,(H,17,19). The molecule has 0 atom stereocenters. The van der Waals surface area contributed by atoms with Gasteiger partial charge in [0.05, 0.1) is 6.54 Å². The van der Waals surface area contributed by atoms with E-state index in [1.165, 1.54) is 0 Å². The van der Waals surface area contributed by atoms with E-state index in [2.05, 4.69) is 22.3 Å². The second-order valence-electron chi connectivity index (χ2n) is 3.84. The number of rotatable bonds is 3. The van der Waals surface area contributed by atoms with E-state index in [0.29, 0.717) is 6.54 Å². The molecular weight excluding hydrogens is 240 g/mol. The minimum Gasteiger partial charge on any atom is -0.324 e. The lowest BCUT2D eigenvalue weighted by Crippen LogP contribution is -2.18. The van der Waals surface area contributed by atoms with Gasteiger partial charge in [0.2, 0.25) is 5.91 Å². The number of nitrogens with zero attached hydrogens (tertiary/aromatic N) is 2. The van der Waals surface area contributed by atoms with Crippen LogP contribution < -0.4 is 11.1 Å². The first-order valence-electron chi connectivity index (χ1n) is 5.84. The average Bonchev–Trinajstić information content (AvgIpc) is 2.90. The molecule has 1 heterocycles. The molecule has 1 aromatic heterocycles. The van der Waals surface area contributed by atoms with Crippen LogP contribution in [-0.2, 0) is 11.3 Å². The van der Waals surface area contributed by atoms with E-state index in [-0.39, 0.29) is 12.5 Å². The van der Waals surface area contributed by atoms with Crippen LogP contribution in [0.15, 0.2) is 42.7 Å². The minimum absolute atomic E-state index is 0.121. The maximum absolute atomic E-state index is 11.7. The second-order valence-corrected chi connectivity index (χ2v) is 3.84. The second kappa shape index (κ2) is 6.38. The first kappa shape index (κ1) is 12.9. The molecule has 0 saturated heterocycles. The predicted octanol–water partition coefficient (Wildman–Crippen LogP) is 0.832. The molecule has 96 valence electrons. The summed E-state index contributed by atoms with van der Waals surface area (Å²) < 4.78 is 1.57. The summed E-state index contributed by atoms with van der Waals surface area (Å²) in [5.74, 6) is 5.57. The minimum atomic E-state index is -0.121. The van der Waals surface area contributed by atoms with Gasteiger partial charge >= 0.3 is 0 Å². The van der Waals surface area contributed by atoms with Crippen LogP contribution in [0.25, 0.3) is 0 Å². The normalized spacial score (nSPS) is 9.53. The molecule has 0 bridgehead atoms. The Labute approximate surface area is 111 Å². The lowest BCUT2D eigenvalue weighted by Gasteiger charge is -2.05. The highest BCUT2D eigenvalue weighted by atomic mass is 16.2. The quantitative estimate of drug-likeness (QED) is 0.797. The van der Waals surface area contributed by atoms with Crippen LogP contribution in [0.5, 0.6) is 0 Å². The zero-order valence-corrected chi connectivity index (χ0v) is 10.3. The molecular formula is C14H14N4O. The van der Waals surface area contributed by atoms with E-state index in [1.54, 1.807) is 23.1 Å². The van der Waals surface area contributed by atoms with Crippen molar-refractivity contribution in [2.24, 2.45) is 5.73 Å². The van der Waals surface area contributed by atoms with Gasteiger partial charge in [0.25, 0.3) is 0 Å². The van der Waals surface area contributed by atoms with Crippen LogP contribution >= 0.6 is 0 Å². The van der Waals surface area contributed by atoms with Crippen LogP contribution in [-0.4, -0.2) is 22.2 Å². The van der Waals surface area contributed by atoms with Gasteiger partial charge in [0.15, 0.2) is 0 Å². The van der Waals surface area contributed by atoms with Crippen molar-refractivity contribution in [3.63, 3.8) is 0 Å². The van der Waals surface area contributed by atoms with Crippen molar-refractivity contribution in [1.29, 1.82) is 0 Å². The third-order valence-electron chi connectivity index (χ3n) is 2.37. The van der Waals surface area contributed by atoms with E-state index in [0.717, 1.165) is 11.3 Å². The monoisotopic (exact) mass is 254 g/mol. The maximum atomic E-state index is 11.7. The number of carbonyl (C=O) groups is 1. The molecule has 0 saturated carbocycles. The Morgan fingerprint density at radius 2 is 2.16 bits per heavy atom. The molecule has 2 rings (SSSR count). The van der Waals surface area contributed by atoms with Crippen LogP contribution in [0, 0.1) is 11.8 Å². The number of carbonyl (C=O) groups excluding carboxylic acids is 1. The SMILES string of the molecule is NCC#Cc1ccc(NC(=O)Cn2cccn2)cc1. The molecule has 1 amide bonds. The fraction of sp³-hybridized carbons (Fsp3) is 0.143. The first-order valence-corrected chi connectivity index (χ1v) is 5.84. The number of nitrogens with two attached hydrogens (primary N) is 1. The van der Waals surface area contributed by atoms with Crippen molar-refractivity contribution in [3.8, 4) is 11.8 Å². The van der Waals surface area contributed by atoms with Gasteiger partial charge in [-0.15, -0.1) is 0 Å². The van der Waals surface area contributed by atoms with Crippen molar-refractivity contribution in [3.05, 3.63) is 48.3 Å². The van der Waals surface area contributed by atoms with Crippen LogP contribution in [0.1, 0.15) is 5.56 Å². The van der Waals surface area contributed by atoms with Gasteiger partial charge in [-0.1, -0.05) is 11.8 Å². The third kappa shape index (κ3) is 3.98. The summed E-state index contributed by atoms with van der Waals surface area (Å²) in [6, 6.07) is 9.07. The summed E-state index contributed by atoms with van der Waals surface area (Å²) in [5.41, 5.74) is 6.90. The molecule has 5 nitrogen and oxygen atoms in total. The summed E-state index contributed by atoms with van der Waals surface area (Å²) in [5, 5.41) is 6.76. The van der Waals surface area contributed by atoms with Gasteiger partial charge < -0.3 is 11.1 Å². The van der Waals surface area contributed by atoms with E-state index >= 15 is 0 Å². The van der Waals surface area contributed by atoms with E-state index in [1.807, 2.05) is 24.3 Å². The van der Waals surface area contributed by atoms with Crippen LogP contribution in [0.4, 0.5) is 5.69 Å². The topological polar surface area (TPSA) is 72.9 Å². The van der Waals surface area contributed by atoms with Gasteiger partial charge in [-0.05, 0) is 30.3 Å². The number of aromatic nitrogens is 2. The highest BCUT2D eigenvalue weighted by molar-refractivity contribution is 5.90. The van der Waals surface area contributed by atoms with Gasteiger partial charge in [-0.2, -0.15) is 5.10 Å². The molecule has 5 heteroatoms. The Morgan fingerprint density at radius 3 is 2.79 bits per heavy atom. The predicted molar refractivity (Wildman–Crippen MR) is 73.2 cm³/mol. The Hall–Kier alpha value is -2.58. The van der Waals surface area contributed by atoms with Crippen LogP contribution in [0.3, 0.4) is 0 Å². The fourth-order valence-electron chi connectivity index (χ4n) is 1.53. The van der Waals surface area contributed by atoms with Crippen molar-refractivity contribution in [1.82, 2.24) is 9.78 Å². The maximum Gasteiger partial charge on any atom is 0.246 e. The van der Waals surface area contributed by atoms with Gasteiger partial charge in [-0.25, -0.2) is 0 Å². The zero-order chi connectivity index (χ0) is 13.5. The van der Waals surface area contributed by atoms with Gasteiger partial charge in [0.1, 0.15) is 6.54 Å². The van der Waals surface area contributed by atoms with Crippen molar-refractivity contribution in [2.45, 2.75) is 6.54 Å². The molecule has 0 radical (unpaired) electrons. The average molecular weight is 254 g/mol. The van der Waals surface area contributed by atoms with E-state index < -0.39 is 0 Å². The molecule has 0 spiro atoms. The largest absolute Gasteiger partial charge is 0.324 e. The highest BCUT2D eigenvalue weighted by Gasteiger charge is 2.03. The molecule has 0 aliphatic carbocycles. The molecule has 0 aliphatic heterocycles. The van der Waals surface area contributed by atoms with Crippen LogP contribution in [0.2, 0.25) is 0 Å². The Kier molecular flexibility index (Phi) is 4.32. The lowest BCUT2D eigenvalue weighted by molar-refractivity contribution is -0.116. The number of benzene rings is 1. The summed E-state index contributed by atoms with van der Waals surface area (Å²) in [4.78, 5) is 11.7. The van der Waals surface area contributed by atoms with Gasteiger partial charge in [0, 0.05) is 23.6 Å².